The average Bonchev–Trinajstić information content (AvgIpc) is 3.26. The molecular weight excluding hydrogens is 512 g/mol. The number of alkyl halides is 1. The Morgan fingerprint density at radius 1 is 1.00 bits per heavy atom. The van der Waals surface area contributed by atoms with Crippen LogP contribution in [0.5, 0.6) is 5.75 Å². The summed E-state index contributed by atoms with van der Waals surface area (Å²) in [5.74, 6) is 0.144. The minimum Gasteiger partial charge on any atom is -0.507 e. The number of hydrogen-bond acceptors (Lipinski definition) is 5. The third kappa shape index (κ3) is 5.16. The molecule has 1 fully saturated rings. The van der Waals surface area contributed by atoms with E-state index in [-0.39, 0.29) is 28.7 Å². The van der Waals surface area contributed by atoms with Gasteiger partial charge in [-0.3, -0.25) is 13.9 Å². The molecule has 1 aliphatic heterocycles. The van der Waals surface area contributed by atoms with Gasteiger partial charge in [0.2, 0.25) is 0 Å². The molecule has 0 spiro atoms. The van der Waals surface area contributed by atoms with Crippen LogP contribution in [0.3, 0.4) is 0 Å². The van der Waals surface area contributed by atoms with Crippen LogP contribution in [0.25, 0.3) is 27.9 Å². The summed E-state index contributed by atoms with van der Waals surface area (Å²) in [4.78, 5) is 21.2. The van der Waals surface area contributed by atoms with Gasteiger partial charge in [0.15, 0.2) is 0 Å². The zero-order chi connectivity index (χ0) is 26.8. The predicted octanol–water partition coefficient (Wildman–Crippen LogP) is 4.88. The van der Waals surface area contributed by atoms with Gasteiger partial charge in [0.1, 0.15) is 17.4 Å². The van der Waals surface area contributed by atoms with Crippen molar-refractivity contribution in [3.05, 3.63) is 82.4 Å². The Labute approximate surface area is 224 Å². The number of aryl methyl sites for hydroxylation is 1. The van der Waals surface area contributed by atoms with Gasteiger partial charge in [-0.15, -0.1) is 0 Å². The smallest absolute Gasteiger partial charge is 0.332 e. The van der Waals surface area contributed by atoms with Crippen LogP contribution in [0.2, 0.25) is 5.02 Å². The summed E-state index contributed by atoms with van der Waals surface area (Å²) in [5, 5.41) is 11.5. The number of pyridine rings is 1. The molecule has 7 nitrogen and oxygen atoms in total. The highest BCUT2D eigenvalue weighted by Crippen LogP contribution is 2.40. The van der Waals surface area contributed by atoms with Crippen LogP contribution in [-0.2, 0) is 7.05 Å². The predicted molar refractivity (Wildman–Crippen MR) is 146 cm³/mol. The Hall–Kier alpha value is -3.69. The number of piperazine rings is 1. The van der Waals surface area contributed by atoms with E-state index in [1.165, 1.54) is 21.3 Å². The lowest BCUT2D eigenvalue weighted by Crippen LogP contribution is -2.47. The number of anilines is 1. The molecule has 0 aliphatic carbocycles. The summed E-state index contributed by atoms with van der Waals surface area (Å²) in [6.45, 7) is 3.55. The zero-order valence-electron chi connectivity index (χ0n) is 20.9. The number of benzene rings is 2. The number of phenols is 1. The monoisotopic (exact) mass is 539 g/mol. The summed E-state index contributed by atoms with van der Waals surface area (Å²) < 4.78 is 30.2. The second kappa shape index (κ2) is 11.0. The van der Waals surface area contributed by atoms with Crippen LogP contribution >= 0.6 is 11.6 Å². The van der Waals surface area contributed by atoms with Gasteiger partial charge in [-0.05, 0) is 53.9 Å². The number of aromatic nitrogens is 3. The first kappa shape index (κ1) is 25.9. The van der Waals surface area contributed by atoms with E-state index in [1.807, 2.05) is 6.07 Å². The van der Waals surface area contributed by atoms with Gasteiger partial charge in [-0.2, -0.15) is 0 Å². The zero-order valence-corrected chi connectivity index (χ0v) is 21.7. The van der Waals surface area contributed by atoms with Gasteiger partial charge in [0.05, 0.1) is 17.4 Å². The SMILES string of the molecule is Cn1ccn(-c2ccc(-c3cc(F)cc(-c4ccnc(N5CCN(CCCF)CC5)c4)c3O)cc2Cl)c1=O. The van der Waals surface area contributed by atoms with Crippen molar-refractivity contribution in [1.82, 2.24) is 19.0 Å². The Balaban J connectivity index is 1.44. The standard InChI is InChI=1S/C28H28ClF2N5O2/c1-33-9-14-36(28(33)38)25-4-3-19(15-24(25)29)22-17-21(31)18-23(27(22)37)20-5-7-32-26(16-20)35-12-10-34(11-13-35)8-2-6-30/h3-5,7,9,14-18,37H,2,6,8,10-13H2,1H3. The van der Waals surface area contributed by atoms with Crippen molar-refractivity contribution in [2.24, 2.45) is 7.05 Å². The fourth-order valence-electron chi connectivity index (χ4n) is 4.80. The fraction of sp³-hybridized carbons (Fsp3) is 0.286. The number of nitrogens with zero attached hydrogens (tertiary/aromatic N) is 5. The van der Waals surface area contributed by atoms with Gasteiger partial charge in [0.25, 0.3) is 0 Å². The summed E-state index contributed by atoms with van der Waals surface area (Å²) in [6, 6.07) is 11.1. The number of rotatable bonds is 7. The molecule has 5 rings (SSSR count). The number of hydrogen-bond donors (Lipinski definition) is 1. The molecule has 2 aromatic heterocycles. The molecule has 0 unspecified atom stereocenters. The average molecular weight is 540 g/mol. The second-order valence-electron chi connectivity index (χ2n) is 9.35. The molecule has 1 saturated heterocycles. The summed E-state index contributed by atoms with van der Waals surface area (Å²) in [7, 11) is 1.65. The molecule has 198 valence electrons. The number of halogens is 3. The molecule has 4 aromatic rings. The molecular formula is C28H28ClF2N5O2. The highest BCUT2D eigenvalue weighted by molar-refractivity contribution is 6.32. The molecule has 0 amide bonds. The van der Waals surface area contributed by atoms with E-state index >= 15 is 0 Å². The van der Waals surface area contributed by atoms with Crippen LogP contribution in [0, 0.1) is 5.82 Å². The summed E-state index contributed by atoms with van der Waals surface area (Å²) in [6.07, 6.45) is 5.43. The van der Waals surface area contributed by atoms with E-state index in [9.17, 15) is 18.7 Å². The van der Waals surface area contributed by atoms with Gasteiger partial charge < -0.3 is 14.6 Å². The van der Waals surface area contributed by atoms with Gasteiger partial charge in [0, 0.05) is 69.5 Å². The van der Waals surface area contributed by atoms with Crippen molar-refractivity contribution in [1.29, 1.82) is 0 Å². The van der Waals surface area contributed by atoms with Crippen LogP contribution in [0.1, 0.15) is 6.42 Å². The highest BCUT2D eigenvalue weighted by atomic mass is 35.5. The lowest BCUT2D eigenvalue weighted by atomic mass is 9.97. The largest absolute Gasteiger partial charge is 0.507 e. The van der Waals surface area contributed by atoms with Gasteiger partial charge in [-0.25, -0.2) is 14.2 Å². The van der Waals surface area contributed by atoms with Crippen LogP contribution in [0.4, 0.5) is 14.6 Å². The molecule has 38 heavy (non-hydrogen) atoms. The lowest BCUT2D eigenvalue weighted by molar-refractivity contribution is 0.244. The maximum absolute atomic E-state index is 14.8. The number of aromatic hydroxyl groups is 1. The Morgan fingerprint density at radius 3 is 2.34 bits per heavy atom. The van der Waals surface area contributed by atoms with Gasteiger partial charge >= 0.3 is 5.69 Å². The van der Waals surface area contributed by atoms with Crippen molar-refractivity contribution in [3.63, 3.8) is 0 Å². The fourth-order valence-corrected chi connectivity index (χ4v) is 5.07. The quantitative estimate of drug-likeness (QED) is 0.362. The third-order valence-electron chi connectivity index (χ3n) is 6.90. The maximum Gasteiger partial charge on any atom is 0.332 e. The second-order valence-corrected chi connectivity index (χ2v) is 9.76. The van der Waals surface area contributed by atoms with E-state index in [2.05, 4.69) is 14.8 Å². The molecule has 0 radical (unpaired) electrons. The van der Waals surface area contributed by atoms with Crippen molar-refractivity contribution in [2.45, 2.75) is 6.42 Å². The summed E-state index contributed by atoms with van der Waals surface area (Å²) in [5.41, 5.74) is 2.01. The molecule has 3 heterocycles. The third-order valence-corrected chi connectivity index (χ3v) is 7.20. The maximum atomic E-state index is 14.8. The molecule has 1 N–H and O–H groups in total. The molecule has 10 heteroatoms. The molecule has 0 saturated carbocycles. The van der Waals surface area contributed by atoms with Gasteiger partial charge in [-0.1, -0.05) is 17.7 Å². The Kier molecular flexibility index (Phi) is 7.49. The van der Waals surface area contributed by atoms with E-state index in [4.69, 9.17) is 11.6 Å². The van der Waals surface area contributed by atoms with E-state index in [1.54, 1.807) is 49.9 Å². The van der Waals surface area contributed by atoms with E-state index in [0.29, 0.717) is 28.8 Å². The lowest BCUT2D eigenvalue weighted by Gasteiger charge is -2.35. The van der Waals surface area contributed by atoms with Crippen molar-refractivity contribution >= 4 is 17.4 Å². The topological polar surface area (TPSA) is 66.5 Å². The molecule has 0 atom stereocenters. The van der Waals surface area contributed by atoms with E-state index < -0.39 is 5.82 Å². The first-order chi connectivity index (χ1) is 18.4. The van der Waals surface area contributed by atoms with Crippen molar-refractivity contribution in [2.75, 3.05) is 44.3 Å². The molecule has 0 bridgehead atoms. The first-order valence-electron chi connectivity index (χ1n) is 12.4. The van der Waals surface area contributed by atoms with Crippen LogP contribution in [-0.4, -0.2) is 63.5 Å². The van der Waals surface area contributed by atoms with Crippen molar-refractivity contribution in [3.8, 4) is 33.7 Å². The van der Waals surface area contributed by atoms with Crippen molar-refractivity contribution < 1.29 is 13.9 Å². The minimum atomic E-state index is -0.507. The molecule has 1 aliphatic rings. The number of imidazole rings is 1. The first-order valence-corrected chi connectivity index (χ1v) is 12.8. The number of phenolic OH excluding ortho intramolecular Hbond substituents is 1. The Morgan fingerprint density at radius 2 is 1.71 bits per heavy atom. The minimum absolute atomic E-state index is 0.0831. The van der Waals surface area contributed by atoms with E-state index in [0.717, 1.165) is 38.5 Å². The highest BCUT2D eigenvalue weighted by Gasteiger charge is 2.20. The van der Waals surface area contributed by atoms with Crippen LogP contribution < -0.4 is 10.6 Å². The normalized spacial score (nSPS) is 14.3. The molecule has 2 aromatic carbocycles. The van der Waals surface area contributed by atoms with Crippen LogP contribution in [0.15, 0.2) is 65.8 Å². The Bertz CT molecular complexity index is 1510. The summed E-state index contributed by atoms with van der Waals surface area (Å²) >= 11 is 6.51.